The largest absolute Gasteiger partial charge is 0.495 e. The van der Waals surface area contributed by atoms with Gasteiger partial charge in [-0.05, 0) is 50.3 Å². The van der Waals surface area contributed by atoms with E-state index >= 15 is 0 Å². The first-order chi connectivity index (χ1) is 12.5. The molecule has 0 amide bonds. The maximum absolute atomic E-state index is 12.5. The van der Waals surface area contributed by atoms with Gasteiger partial charge in [0, 0.05) is 21.7 Å². The summed E-state index contributed by atoms with van der Waals surface area (Å²) in [5, 5.41) is 1.57. The van der Waals surface area contributed by atoms with Crippen molar-refractivity contribution in [3.05, 3.63) is 43.7 Å². The van der Waals surface area contributed by atoms with Crippen LogP contribution in [0.5, 0.6) is 5.75 Å². The fourth-order valence-electron chi connectivity index (χ4n) is 3.08. The number of aliphatic imine (C=N–C) groups is 1. The van der Waals surface area contributed by atoms with Gasteiger partial charge in [0.1, 0.15) is 10.8 Å². The molecule has 138 valence electrons. The predicted octanol–water partition coefficient (Wildman–Crippen LogP) is 5.87. The summed E-state index contributed by atoms with van der Waals surface area (Å²) < 4.78 is 10.6. The number of methoxy groups -OCH3 is 1. The van der Waals surface area contributed by atoms with Crippen LogP contribution in [0.2, 0.25) is 10.0 Å². The Kier molecular flexibility index (Phi) is 6.22. The number of carbonyl (C=O) groups excluding carboxylic acids is 1. The molecule has 0 atom stereocenters. The molecule has 1 aliphatic carbocycles. The van der Waals surface area contributed by atoms with E-state index in [2.05, 4.69) is 4.99 Å². The zero-order valence-corrected chi connectivity index (χ0v) is 16.9. The van der Waals surface area contributed by atoms with Crippen molar-refractivity contribution in [2.24, 2.45) is 4.99 Å². The second-order valence-electron chi connectivity index (χ2n) is 5.88. The van der Waals surface area contributed by atoms with Crippen molar-refractivity contribution < 1.29 is 14.3 Å². The van der Waals surface area contributed by atoms with E-state index in [9.17, 15) is 4.79 Å². The molecule has 4 nitrogen and oxygen atoms in total. The van der Waals surface area contributed by atoms with Gasteiger partial charge < -0.3 is 9.47 Å². The van der Waals surface area contributed by atoms with Gasteiger partial charge in [-0.1, -0.05) is 23.2 Å². The van der Waals surface area contributed by atoms with Crippen molar-refractivity contribution in [1.29, 1.82) is 0 Å². The fourth-order valence-corrected chi connectivity index (χ4v) is 4.88. The number of carbonyl (C=O) groups is 1. The monoisotopic (exact) mass is 411 g/mol. The summed E-state index contributed by atoms with van der Waals surface area (Å²) >= 11 is 13.8. The Balaban J connectivity index is 2.04. The van der Waals surface area contributed by atoms with E-state index in [-0.39, 0.29) is 5.97 Å². The highest BCUT2D eigenvalue weighted by Crippen LogP contribution is 2.40. The molecule has 26 heavy (non-hydrogen) atoms. The van der Waals surface area contributed by atoms with Gasteiger partial charge in [0.25, 0.3) is 0 Å². The minimum atomic E-state index is -0.310. The molecule has 0 unspecified atom stereocenters. The molecule has 1 heterocycles. The van der Waals surface area contributed by atoms with Crippen molar-refractivity contribution in [3.63, 3.8) is 0 Å². The molecular formula is C19H19Cl2NO3S. The van der Waals surface area contributed by atoms with Crippen molar-refractivity contribution in [3.8, 4) is 5.75 Å². The van der Waals surface area contributed by atoms with Crippen LogP contribution < -0.4 is 4.74 Å². The number of esters is 1. The van der Waals surface area contributed by atoms with E-state index in [1.807, 2.05) is 0 Å². The third kappa shape index (κ3) is 3.90. The molecule has 1 aromatic carbocycles. The molecule has 3 rings (SSSR count). The molecule has 1 aliphatic rings. The van der Waals surface area contributed by atoms with Crippen LogP contribution in [0.4, 0.5) is 5.00 Å². The summed E-state index contributed by atoms with van der Waals surface area (Å²) in [5.41, 5.74) is 2.34. The smallest absolute Gasteiger partial charge is 0.341 e. The lowest BCUT2D eigenvalue weighted by Crippen LogP contribution is -2.09. The Morgan fingerprint density at radius 3 is 2.81 bits per heavy atom. The van der Waals surface area contributed by atoms with Gasteiger partial charge in [-0.2, -0.15) is 0 Å². The van der Waals surface area contributed by atoms with Gasteiger partial charge in [0.2, 0.25) is 0 Å². The second-order valence-corrected chi connectivity index (χ2v) is 7.81. The van der Waals surface area contributed by atoms with Crippen molar-refractivity contribution in [2.75, 3.05) is 13.7 Å². The zero-order chi connectivity index (χ0) is 18.7. The standard InChI is InChI=1S/C19H19Cl2NO3S/c1-3-25-19(23)16-13-6-4-5-7-15(13)26-18(16)22-10-11-8-12(20)9-14(21)17(11)24-2/h8-10H,3-7H2,1-2H3. The second kappa shape index (κ2) is 8.42. The number of ether oxygens (including phenoxy) is 2. The molecule has 0 radical (unpaired) electrons. The van der Waals surface area contributed by atoms with Gasteiger partial charge in [-0.3, -0.25) is 0 Å². The summed E-state index contributed by atoms with van der Waals surface area (Å²) in [4.78, 5) is 18.3. The van der Waals surface area contributed by atoms with Crippen LogP contribution in [0.3, 0.4) is 0 Å². The normalized spacial score (nSPS) is 13.7. The highest BCUT2D eigenvalue weighted by atomic mass is 35.5. The molecule has 0 fully saturated rings. The lowest BCUT2D eigenvalue weighted by molar-refractivity contribution is 0.0526. The van der Waals surface area contributed by atoms with E-state index in [1.165, 1.54) is 4.88 Å². The number of nitrogens with zero attached hydrogens (tertiary/aromatic N) is 1. The van der Waals surface area contributed by atoms with E-state index in [0.717, 1.165) is 31.2 Å². The number of thiophene rings is 1. The first-order valence-corrected chi connectivity index (χ1v) is 10.0. The number of fused-ring (bicyclic) bond motifs is 1. The van der Waals surface area contributed by atoms with Crippen LogP contribution >= 0.6 is 34.5 Å². The summed E-state index contributed by atoms with van der Waals surface area (Å²) in [6, 6.07) is 3.35. The molecule has 0 saturated heterocycles. The lowest BCUT2D eigenvalue weighted by Gasteiger charge is -2.11. The highest BCUT2D eigenvalue weighted by molar-refractivity contribution is 7.16. The van der Waals surface area contributed by atoms with Crippen LogP contribution in [0.15, 0.2) is 17.1 Å². The van der Waals surface area contributed by atoms with Crippen molar-refractivity contribution in [2.45, 2.75) is 32.6 Å². The van der Waals surface area contributed by atoms with E-state index in [4.69, 9.17) is 32.7 Å². The fraction of sp³-hybridized carbons (Fsp3) is 0.368. The molecule has 1 aromatic heterocycles. The molecule has 0 spiro atoms. The van der Waals surface area contributed by atoms with Crippen LogP contribution in [-0.2, 0) is 17.6 Å². The summed E-state index contributed by atoms with van der Waals surface area (Å²) in [6.45, 7) is 2.14. The molecule has 7 heteroatoms. The first-order valence-electron chi connectivity index (χ1n) is 8.43. The van der Waals surface area contributed by atoms with Crippen LogP contribution in [0, 0.1) is 0 Å². The third-order valence-electron chi connectivity index (χ3n) is 4.19. The molecule has 0 saturated carbocycles. The Morgan fingerprint density at radius 1 is 1.31 bits per heavy atom. The van der Waals surface area contributed by atoms with Gasteiger partial charge in [0.15, 0.2) is 0 Å². The molecule has 0 N–H and O–H groups in total. The van der Waals surface area contributed by atoms with Gasteiger partial charge >= 0.3 is 5.97 Å². The average molecular weight is 412 g/mol. The van der Waals surface area contributed by atoms with Gasteiger partial charge in [0.05, 0.1) is 24.3 Å². The van der Waals surface area contributed by atoms with Gasteiger partial charge in [-0.25, -0.2) is 9.79 Å². The quantitative estimate of drug-likeness (QED) is 0.456. The van der Waals surface area contributed by atoms with Crippen molar-refractivity contribution in [1.82, 2.24) is 0 Å². The van der Waals surface area contributed by atoms with E-state index in [1.54, 1.807) is 43.7 Å². The number of hydrogen-bond donors (Lipinski definition) is 0. The van der Waals surface area contributed by atoms with Gasteiger partial charge in [-0.15, -0.1) is 11.3 Å². The van der Waals surface area contributed by atoms with E-state index < -0.39 is 0 Å². The summed E-state index contributed by atoms with van der Waals surface area (Å²) in [5.74, 6) is 0.189. The van der Waals surface area contributed by atoms with Crippen LogP contribution in [0.1, 0.15) is 46.1 Å². The lowest BCUT2D eigenvalue weighted by atomic mass is 9.95. The maximum atomic E-state index is 12.5. The molecule has 0 aliphatic heterocycles. The predicted molar refractivity (Wildman–Crippen MR) is 107 cm³/mol. The van der Waals surface area contributed by atoms with Crippen LogP contribution in [0.25, 0.3) is 0 Å². The number of aryl methyl sites for hydroxylation is 1. The maximum Gasteiger partial charge on any atom is 0.341 e. The number of hydrogen-bond acceptors (Lipinski definition) is 5. The Labute approximate surface area is 166 Å². The topological polar surface area (TPSA) is 47.9 Å². The third-order valence-corrected chi connectivity index (χ3v) is 5.89. The Hall–Kier alpha value is -1.56. The van der Waals surface area contributed by atoms with Crippen LogP contribution in [-0.4, -0.2) is 25.9 Å². The van der Waals surface area contributed by atoms with Crippen molar-refractivity contribution >= 4 is 51.7 Å². The number of halogens is 2. The Bertz CT molecular complexity index is 861. The summed E-state index contributed by atoms with van der Waals surface area (Å²) in [6.07, 6.45) is 5.72. The first kappa shape index (κ1) is 19.2. The SMILES string of the molecule is CCOC(=O)c1c(N=Cc2cc(Cl)cc(Cl)c2OC)sc2c1CCCC2. The summed E-state index contributed by atoms with van der Waals surface area (Å²) in [7, 11) is 1.54. The van der Waals surface area contributed by atoms with E-state index in [0.29, 0.717) is 38.5 Å². The molecule has 2 aromatic rings. The minimum Gasteiger partial charge on any atom is -0.495 e. The zero-order valence-electron chi connectivity index (χ0n) is 14.6. The molecule has 0 bridgehead atoms. The number of rotatable bonds is 5. The molecular weight excluding hydrogens is 393 g/mol. The number of benzene rings is 1. The average Bonchev–Trinajstić information content (AvgIpc) is 2.98. The minimum absolute atomic E-state index is 0.310. The highest BCUT2D eigenvalue weighted by Gasteiger charge is 2.26. The Morgan fingerprint density at radius 2 is 2.08 bits per heavy atom.